The minimum atomic E-state index is -5.47. The first-order valence-electron chi connectivity index (χ1n) is 15.8. The number of aliphatic hydroxyl groups is 1. The van der Waals surface area contributed by atoms with Gasteiger partial charge in [0.2, 0.25) is 11.5 Å². The Morgan fingerprint density at radius 3 is 2.48 bits per heavy atom. The van der Waals surface area contributed by atoms with E-state index in [9.17, 15) is 32.3 Å². The first-order valence-corrected chi connectivity index (χ1v) is 16.1. The third-order valence-corrected chi connectivity index (χ3v) is 9.94. The molecule has 0 spiro atoms. The Labute approximate surface area is 286 Å². The third-order valence-electron chi connectivity index (χ3n) is 9.65. The second-order valence-electron chi connectivity index (χ2n) is 13.6. The predicted octanol–water partition coefficient (Wildman–Crippen LogP) is 5.87. The van der Waals surface area contributed by atoms with Crippen molar-refractivity contribution in [2.24, 2.45) is 0 Å². The van der Waals surface area contributed by atoms with E-state index in [0.29, 0.717) is 29.8 Å². The molecule has 1 aliphatic heterocycles. The van der Waals surface area contributed by atoms with E-state index in [4.69, 9.17) is 21.1 Å². The number of hydrogen-bond donors (Lipinski definition) is 3. The lowest BCUT2D eigenvalue weighted by Gasteiger charge is -2.32. The van der Waals surface area contributed by atoms with Gasteiger partial charge < -0.3 is 25.2 Å². The van der Waals surface area contributed by atoms with Crippen molar-refractivity contribution in [3.63, 3.8) is 0 Å². The lowest BCUT2D eigenvalue weighted by Crippen LogP contribution is -2.52. The van der Waals surface area contributed by atoms with Gasteiger partial charge >= 0.3 is 6.18 Å². The maximum Gasteiger partial charge on any atom is 0.424 e. The number of nitrogens with zero attached hydrogens (tertiary/aromatic N) is 3. The number of hydrogen-bond acceptors (Lipinski definition) is 7. The molecule has 2 atom stereocenters. The number of alkyl halides is 3. The Bertz CT molecular complexity index is 2080. The first kappa shape index (κ1) is 34.0. The maximum absolute atomic E-state index is 15.3. The van der Waals surface area contributed by atoms with Crippen LogP contribution >= 0.6 is 11.6 Å². The van der Waals surface area contributed by atoms with Gasteiger partial charge in [0, 0.05) is 39.9 Å². The lowest BCUT2D eigenvalue weighted by atomic mass is 9.81. The molecular weight excluding hydrogens is 689 g/mol. The number of fused-ring (bicyclic) bond motifs is 2. The van der Waals surface area contributed by atoms with Gasteiger partial charge in [0.15, 0.2) is 0 Å². The van der Waals surface area contributed by atoms with Gasteiger partial charge in [-0.25, -0.2) is 13.8 Å². The van der Waals surface area contributed by atoms with Crippen LogP contribution < -0.4 is 20.1 Å². The zero-order chi connectivity index (χ0) is 36.0. The van der Waals surface area contributed by atoms with Crippen LogP contribution in [0.2, 0.25) is 5.02 Å². The SMILES string of the molecule is COc1cc(C(=O)NCC(O)(c2cc3c(c(-c4cc(Cl)c(F)cc4F)n2)OC[C@]3(C)C(=O)NC2(C)CC2)C(F)(F)F)cc2cn(C3CC3)nc12. The summed E-state index contributed by atoms with van der Waals surface area (Å²) in [5.74, 6) is -3.93. The minimum Gasteiger partial charge on any atom is -0.494 e. The number of aromatic nitrogens is 3. The van der Waals surface area contributed by atoms with E-state index in [0.717, 1.165) is 25.0 Å². The molecule has 4 aromatic rings. The van der Waals surface area contributed by atoms with Crippen molar-refractivity contribution in [1.29, 1.82) is 0 Å². The van der Waals surface area contributed by atoms with Crippen molar-refractivity contribution in [2.75, 3.05) is 20.3 Å². The van der Waals surface area contributed by atoms with Crippen LogP contribution in [0.15, 0.2) is 36.5 Å². The molecule has 10 nitrogen and oxygen atoms in total. The van der Waals surface area contributed by atoms with Crippen LogP contribution in [0.5, 0.6) is 11.5 Å². The molecule has 2 amide bonds. The fraction of sp³-hybridized carbons (Fsp3) is 0.412. The number of halogens is 6. The summed E-state index contributed by atoms with van der Waals surface area (Å²) in [5, 5.41) is 21.0. The second-order valence-corrected chi connectivity index (χ2v) is 14.0. The van der Waals surface area contributed by atoms with Crippen molar-refractivity contribution in [2.45, 2.75) is 68.3 Å². The van der Waals surface area contributed by atoms with Gasteiger partial charge in [0.25, 0.3) is 5.91 Å². The number of amides is 2. The van der Waals surface area contributed by atoms with E-state index in [2.05, 4.69) is 20.7 Å². The summed E-state index contributed by atoms with van der Waals surface area (Å²) in [7, 11) is 1.37. The summed E-state index contributed by atoms with van der Waals surface area (Å²) in [5.41, 5.74) is -7.88. The molecule has 7 rings (SSSR count). The van der Waals surface area contributed by atoms with Crippen LogP contribution in [0.1, 0.15) is 67.2 Å². The molecule has 50 heavy (non-hydrogen) atoms. The van der Waals surface area contributed by atoms with Gasteiger partial charge in [-0.1, -0.05) is 11.6 Å². The van der Waals surface area contributed by atoms with Crippen LogP contribution in [0.25, 0.3) is 22.2 Å². The van der Waals surface area contributed by atoms with E-state index in [1.54, 1.807) is 10.9 Å². The molecule has 0 radical (unpaired) electrons. The zero-order valence-electron chi connectivity index (χ0n) is 27.0. The number of carbonyl (C=O) groups excluding carboxylic acids is 2. The molecule has 2 saturated carbocycles. The highest BCUT2D eigenvalue weighted by Crippen LogP contribution is 2.49. The third kappa shape index (κ3) is 5.69. The average Bonchev–Trinajstić information content (AvgIpc) is 3.97. The van der Waals surface area contributed by atoms with Gasteiger partial charge in [0.1, 0.15) is 46.4 Å². The Morgan fingerprint density at radius 2 is 1.84 bits per heavy atom. The quantitative estimate of drug-likeness (QED) is 0.146. The number of ether oxygens (including phenoxy) is 2. The van der Waals surface area contributed by atoms with Gasteiger partial charge in [-0.05, 0) is 63.8 Å². The van der Waals surface area contributed by atoms with Gasteiger partial charge in [-0.3, -0.25) is 14.3 Å². The first-order chi connectivity index (χ1) is 23.5. The number of benzene rings is 2. The van der Waals surface area contributed by atoms with Crippen molar-refractivity contribution >= 4 is 34.3 Å². The molecule has 2 fully saturated rings. The molecule has 2 aromatic heterocycles. The monoisotopic (exact) mass is 719 g/mol. The summed E-state index contributed by atoms with van der Waals surface area (Å²) >= 11 is 5.93. The molecule has 0 saturated heterocycles. The lowest BCUT2D eigenvalue weighted by molar-refractivity contribution is -0.265. The molecule has 264 valence electrons. The van der Waals surface area contributed by atoms with Crippen LogP contribution in [-0.4, -0.2) is 63.7 Å². The van der Waals surface area contributed by atoms with Crippen LogP contribution in [0.3, 0.4) is 0 Å². The topological polar surface area (TPSA) is 128 Å². The summed E-state index contributed by atoms with van der Waals surface area (Å²) in [6, 6.07) is 5.11. The highest BCUT2D eigenvalue weighted by molar-refractivity contribution is 6.31. The second kappa shape index (κ2) is 11.5. The fourth-order valence-corrected chi connectivity index (χ4v) is 6.14. The summed E-state index contributed by atoms with van der Waals surface area (Å²) in [4.78, 5) is 31.0. The summed E-state index contributed by atoms with van der Waals surface area (Å²) in [6.45, 7) is 1.45. The minimum absolute atomic E-state index is 0.0638. The number of pyridine rings is 1. The predicted molar refractivity (Wildman–Crippen MR) is 170 cm³/mol. The Balaban J connectivity index is 1.30. The number of nitrogens with one attached hydrogen (secondary N) is 2. The van der Waals surface area contributed by atoms with Gasteiger partial charge in [-0.2, -0.15) is 18.3 Å². The number of rotatable bonds is 9. The average molecular weight is 720 g/mol. The van der Waals surface area contributed by atoms with E-state index < -0.39 is 74.7 Å². The summed E-state index contributed by atoms with van der Waals surface area (Å²) in [6.07, 6.45) is -0.505. The Kier molecular flexibility index (Phi) is 7.83. The van der Waals surface area contributed by atoms with Gasteiger partial charge in [-0.15, -0.1) is 0 Å². The van der Waals surface area contributed by atoms with E-state index in [1.165, 1.54) is 26.2 Å². The molecule has 2 aliphatic carbocycles. The standard InChI is InChI=1S/C34H31ClF5N5O5/c1-31(6-7-31)43-30(47)32(2)15-50-28-20(32)11-25(42-27(28)19-10-21(35)23(37)12-22(19)36)33(48,34(38,39)40)14-41-29(46)16-8-17-13-45(18-4-5-18)44-26(17)24(9-16)49-3/h8-13,18,48H,4-7,14-15H2,1-3H3,(H,41,46)(H,43,47)/t32-,33?/m0/s1. The van der Waals surface area contributed by atoms with Crippen molar-refractivity contribution < 1.29 is 46.1 Å². The van der Waals surface area contributed by atoms with Crippen LogP contribution in [0, 0.1) is 11.6 Å². The number of methoxy groups -OCH3 is 1. The Morgan fingerprint density at radius 1 is 1.12 bits per heavy atom. The highest BCUT2D eigenvalue weighted by atomic mass is 35.5. The largest absolute Gasteiger partial charge is 0.494 e. The molecular formula is C34H31ClF5N5O5. The molecule has 0 bridgehead atoms. The van der Waals surface area contributed by atoms with Crippen molar-refractivity contribution in [1.82, 2.24) is 25.4 Å². The highest BCUT2D eigenvalue weighted by Gasteiger charge is 2.58. The number of carbonyl (C=O) groups is 2. The maximum atomic E-state index is 15.3. The molecule has 3 heterocycles. The van der Waals surface area contributed by atoms with Crippen molar-refractivity contribution in [3.8, 4) is 22.8 Å². The van der Waals surface area contributed by atoms with E-state index in [-0.39, 0.29) is 35.3 Å². The molecule has 3 N–H and O–H groups in total. The molecule has 1 unspecified atom stereocenters. The smallest absolute Gasteiger partial charge is 0.424 e. The van der Waals surface area contributed by atoms with Crippen LogP contribution in [0.4, 0.5) is 22.0 Å². The fourth-order valence-electron chi connectivity index (χ4n) is 5.98. The molecule has 2 aromatic carbocycles. The zero-order valence-corrected chi connectivity index (χ0v) is 27.7. The normalized spacial score (nSPS) is 20.5. The molecule has 16 heteroatoms. The van der Waals surface area contributed by atoms with Crippen molar-refractivity contribution in [3.05, 3.63) is 70.0 Å². The van der Waals surface area contributed by atoms with E-state index >= 15 is 4.39 Å². The van der Waals surface area contributed by atoms with Crippen LogP contribution in [-0.2, 0) is 15.8 Å². The molecule has 3 aliphatic rings. The Hall–Kier alpha value is -4.50. The summed E-state index contributed by atoms with van der Waals surface area (Å²) < 4.78 is 87.3. The van der Waals surface area contributed by atoms with E-state index in [1.807, 2.05) is 6.92 Å². The van der Waals surface area contributed by atoms with Gasteiger partial charge in [0.05, 0.1) is 30.4 Å².